The number of H-pyrrole nitrogens is 1. The highest BCUT2D eigenvalue weighted by Gasteiger charge is 2.32. The fourth-order valence-corrected chi connectivity index (χ4v) is 2.87. The molecule has 8 heteroatoms. The van der Waals surface area contributed by atoms with Gasteiger partial charge in [0.05, 0.1) is 11.8 Å². The van der Waals surface area contributed by atoms with Gasteiger partial charge >= 0.3 is 6.18 Å². The monoisotopic (exact) mass is 404 g/mol. The van der Waals surface area contributed by atoms with Crippen LogP contribution in [0.4, 0.5) is 13.2 Å². The van der Waals surface area contributed by atoms with Crippen molar-refractivity contribution in [3.63, 3.8) is 0 Å². The lowest BCUT2D eigenvalue weighted by atomic mass is 9.87. The van der Waals surface area contributed by atoms with E-state index in [1.165, 1.54) is 22.9 Å². The van der Waals surface area contributed by atoms with Crippen LogP contribution >= 0.6 is 12.2 Å². The Labute approximate surface area is 165 Å². The summed E-state index contributed by atoms with van der Waals surface area (Å²) in [7, 11) is 0. The molecule has 1 N–H and O–H groups in total. The van der Waals surface area contributed by atoms with E-state index in [0.717, 1.165) is 23.4 Å². The largest absolute Gasteiger partial charge is 0.417 e. The maximum Gasteiger partial charge on any atom is 0.417 e. The number of benzene rings is 2. The van der Waals surface area contributed by atoms with Gasteiger partial charge in [0.15, 0.2) is 5.82 Å². The number of nitrogens with one attached hydrogen (secondary N) is 1. The molecule has 3 rings (SSSR count). The van der Waals surface area contributed by atoms with E-state index in [0.29, 0.717) is 5.82 Å². The molecule has 0 aliphatic rings. The van der Waals surface area contributed by atoms with E-state index in [2.05, 4.69) is 36.1 Å². The fraction of sp³-hybridized carbons (Fsp3) is 0.250. The molecule has 0 atom stereocenters. The minimum atomic E-state index is -4.47. The summed E-state index contributed by atoms with van der Waals surface area (Å²) in [5.41, 5.74) is 1.10. The number of hydrogen-bond donors (Lipinski definition) is 1. The summed E-state index contributed by atoms with van der Waals surface area (Å²) in [6, 6.07) is 13.0. The molecule has 0 radical (unpaired) electrons. The summed E-state index contributed by atoms with van der Waals surface area (Å²) >= 11 is 5.19. The van der Waals surface area contributed by atoms with E-state index in [-0.39, 0.29) is 15.7 Å². The molecule has 0 saturated heterocycles. The van der Waals surface area contributed by atoms with Gasteiger partial charge in [-0.05, 0) is 29.3 Å². The lowest BCUT2D eigenvalue weighted by Crippen LogP contribution is -2.10. The highest BCUT2D eigenvalue weighted by atomic mass is 32.1. The average Bonchev–Trinajstić information content (AvgIpc) is 2.99. The highest BCUT2D eigenvalue weighted by molar-refractivity contribution is 7.71. The SMILES string of the molecule is CC(C)(C)c1ccc(-c2n[nH]c(=S)n2/N=C\c2ccccc2C(F)(F)F)cc1. The second kappa shape index (κ2) is 7.35. The van der Waals surface area contributed by atoms with Crippen molar-refractivity contribution in [1.29, 1.82) is 0 Å². The van der Waals surface area contributed by atoms with Gasteiger partial charge in [0.25, 0.3) is 0 Å². The number of nitrogens with zero attached hydrogens (tertiary/aromatic N) is 3. The van der Waals surface area contributed by atoms with Crippen LogP contribution in [0.3, 0.4) is 0 Å². The van der Waals surface area contributed by atoms with E-state index in [9.17, 15) is 13.2 Å². The number of aromatic nitrogens is 3. The summed E-state index contributed by atoms with van der Waals surface area (Å²) in [4.78, 5) is 0. The first-order chi connectivity index (χ1) is 13.1. The van der Waals surface area contributed by atoms with Crippen LogP contribution in [0.1, 0.15) is 37.5 Å². The van der Waals surface area contributed by atoms with Crippen LogP contribution in [0.2, 0.25) is 0 Å². The first kappa shape index (κ1) is 20.0. The number of rotatable bonds is 3. The summed E-state index contributed by atoms with van der Waals surface area (Å²) in [6.07, 6.45) is -3.33. The van der Waals surface area contributed by atoms with Crippen molar-refractivity contribution < 1.29 is 13.2 Å². The van der Waals surface area contributed by atoms with Crippen molar-refractivity contribution in [3.05, 3.63) is 70.0 Å². The van der Waals surface area contributed by atoms with Crippen LogP contribution < -0.4 is 0 Å². The van der Waals surface area contributed by atoms with Crippen LogP contribution in [0.15, 0.2) is 53.6 Å². The van der Waals surface area contributed by atoms with Gasteiger partial charge in [0.2, 0.25) is 4.77 Å². The highest BCUT2D eigenvalue weighted by Crippen LogP contribution is 2.31. The zero-order chi connectivity index (χ0) is 20.5. The van der Waals surface area contributed by atoms with Gasteiger partial charge in [0.1, 0.15) is 0 Å². The van der Waals surface area contributed by atoms with Crippen molar-refractivity contribution >= 4 is 18.4 Å². The molecule has 1 heterocycles. The second-order valence-corrected chi connectivity index (χ2v) is 7.71. The van der Waals surface area contributed by atoms with Crippen molar-refractivity contribution in [2.45, 2.75) is 32.4 Å². The van der Waals surface area contributed by atoms with E-state index >= 15 is 0 Å². The van der Waals surface area contributed by atoms with Gasteiger partial charge in [-0.25, -0.2) is 5.10 Å². The third-order valence-electron chi connectivity index (χ3n) is 4.24. The molecular formula is C20H19F3N4S. The first-order valence-corrected chi connectivity index (χ1v) is 8.97. The average molecular weight is 404 g/mol. The van der Waals surface area contributed by atoms with Crippen molar-refractivity contribution in [1.82, 2.24) is 14.9 Å². The Bertz CT molecular complexity index is 1050. The quantitative estimate of drug-likeness (QED) is 0.443. The smallest absolute Gasteiger partial charge is 0.250 e. The van der Waals surface area contributed by atoms with Gasteiger partial charge in [-0.2, -0.15) is 28.0 Å². The number of halogens is 3. The van der Waals surface area contributed by atoms with Gasteiger partial charge in [0, 0.05) is 11.1 Å². The predicted molar refractivity (Wildman–Crippen MR) is 106 cm³/mol. The maximum atomic E-state index is 13.2. The van der Waals surface area contributed by atoms with E-state index in [1.807, 2.05) is 24.3 Å². The molecule has 0 amide bonds. The standard InChI is InChI=1S/C20H19F3N4S/c1-19(2,3)15-10-8-13(9-11-15)17-25-26-18(28)27(17)24-12-14-6-4-5-7-16(14)20(21,22)23/h4-12H,1-3H3,(H,26,28)/b24-12-. The molecule has 3 aromatic rings. The number of aromatic amines is 1. The fourth-order valence-electron chi connectivity index (χ4n) is 2.69. The summed E-state index contributed by atoms with van der Waals surface area (Å²) in [5, 5.41) is 11.0. The zero-order valence-corrected chi connectivity index (χ0v) is 16.4. The lowest BCUT2D eigenvalue weighted by molar-refractivity contribution is -0.137. The van der Waals surface area contributed by atoms with Crippen LogP contribution in [-0.2, 0) is 11.6 Å². The molecule has 0 unspecified atom stereocenters. The Kier molecular flexibility index (Phi) is 5.25. The third kappa shape index (κ3) is 4.22. The van der Waals surface area contributed by atoms with Crippen molar-refractivity contribution in [3.8, 4) is 11.4 Å². The first-order valence-electron chi connectivity index (χ1n) is 8.56. The van der Waals surface area contributed by atoms with Crippen LogP contribution in [-0.4, -0.2) is 21.1 Å². The molecular weight excluding hydrogens is 385 g/mol. The predicted octanol–water partition coefficient (Wildman–Crippen LogP) is 5.81. The Balaban J connectivity index is 1.99. The summed E-state index contributed by atoms with van der Waals surface area (Å²) < 4.78 is 41.0. The molecule has 1 aromatic heterocycles. The third-order valence-corrected chi connectivity index (χ3v) is 4.50. The Morgan fingerprint density at radius 1 is 1.04 bits per heavy atom. The summed E-state index contributed by atoms with van der Waals surface area (Å²) in [5.74, 6) is 0.422. The van der Waals surface area contributed by atoms with Gasteiger partial charge in [-0.3, -0.25) is 0 Å². The van der Waals surface area contributed by atoms with Crippen molar-refractivity contribution in [2.24, 2.45) is 5.10 Å². The Morgan fingerprint density at radius 3 is 2.29 bits per heavy atom. The van der Waals surface area contributed by atoms with Crippen LogP contribution in [0.5, 0.6) is 0 Å². The Hall–Kier alpha value is -2.74. The van der Waals surface area contributed by atoms with E-state index < -0.39 is 11.7 Å². The zero-order valence-electron chi connectivity index (χ0n) is 15.6. The van der Waals surface area contributed by atoms with Gasteiger partial charge < -0.3 is 0 Å². The minimum absolute atomic E-state index is 0.00269. The normalized spacial score (nSPS) is 12.6. The molecule has 0 aliphatic carbocycles. The molecule has 2 aromatic carbocycles. The van der Waals surface area contributed by atoms with Crippen LogP contribution in [0.25, 0.3) is 11.4 Å². The van der Waals surface area contributed by atoms with Crippen LogP contribution in [0, 0.1) is 4.77 Å². The minimum Gasteiger partial charge on any atom is -0.250 e. The molecule has 0 spiro atoms. The molecule has 146 valence electrons. The molecule has 4 nitrogen and oxygen atoms in total. The lowest BCUT2D eigenvalue weighted by Gasteiger charge is -2.18. The topological polar surface area (TPSA) is 46.0 Å². The van der Waals surface area contributed by atoms with Gasteiger partial charge in [-0.1, -0.05) is 63.2 Å². The number of hydrogen-bond acceptors (Lipinski definition) is 3. The van der Waals surface area contributed by atoms with Crippen molar-refractivity contribution in [2.75, 3.05) is 0 Å². The van der Waals surface area contributed by atoms with Gasteiger partial charge in [-0.15, -0.1) is 0 Å². The molecule has 0 aliphatic heterocycles. The van der Waals surface area contributed by atoms with E-state index in [4.69, 9.17) is 12.2 Å². The molecule has 0 bridgehead atoms. The molecule has 28 heavy (non-hydrogen) atoms. The number of alkyl halides is 3. The van der Waals surface area contributed by atoms with E-state index in [1.54, 1.807) is 0 Å². The second-order valence-electron chi connectivity index (χ2n) is 7.32. The molecule has 0 saturated carbocycles. The summed E-state index contributed by atoms with van der Waals surface area (Å²) in [6.45, 7) is 6.33. The Morgan fingerprint density at radius 2 is 1.68 bits per heavy atom. The molecule has 0 fully saturated rings. The maximum absolute atomic E-state index is 13.2.